The Morgan fingerprint density at radius 1 is 1.27 bits per heavy atom. The molecule has 0 aliphatic rings. The number of unbranched alkanes of at least 4 members (excludes halogenated alkanes) is 2. The molecule has 0 spiro atoms. The first-order chi connectivity index (χ1) is 7.24. The van der Waals surface area contributed by atoms with Crippen molar-refractivity contribution in [3.63, 3.8) is 0 Å². The summed E-state index contributed by atoms with van der Waals surface area (Å²) in [5.41, 5.74) is 0. The summed E-state index contributed by atoms with van der Waals surface area (Å²) in [5, 5.41) is 0. The Labute approximate surface area is 108 Å². The van der Waals surface area contributed by atoms with E-state index >= 15 is 0 Å². The van der Waals surface area contributed by atoms with Crippen LogP contribution in [0.15, 0.2) is 10.2 Å². The molecule has 3 heteroatoms. The van der Waals surface area contributed by atoms with E-state index in [1.165, 1.54) is 19.3 Å². The van der Waals surface area contributed by atoms with Gasteiger partial charge in [0.05, 0.1) is 6.10 Å². The second-order valence-corrected chi connectivity index (χ2v) is 4.23. The molecule has 1 unspecified atom stereocenters. The summed E-state index contributed by atoms with van der Waals surface area (Å²) < 4.78 is 13.2. The van der Waals surface area contributed by atoms with Gasteiger partial charge in [-0.25, -0.2) is 0 Å². The van der Waals surface area contributed by atoms with E-state index in [9.17, 15) is 0 Å². The standard InChI is InChI=1S/C12H23IO2/c1-4-6-7-8-12(9-10-13)15-11(3)14-5-2/h9-12H,4-8H2,1-3H3/b10-9-/t11?,12-/m0/s1. The minimum atomic E-state index is -0.103. The molecule has 0 aromatic carbocycles. The van der Waals surface area contributed by atoms with Gasteiger partial charge in [-0.05, 0) is 30.4 Å². The molecule has 0 saturated carbocycles. The average Bonchev–Trinajstić information content (AvgIpc) is 2.18. The second-order valence-electron chi connectivity index (χ2n) is 3.51. The molecule has 0 amide bonds. The maximum Gasteiger partial charge on any atom is 0.155 e. The molecule has 15 heavy (non-hydrogen) atoms. The van der Waals surface area contributed by atoms with E-state index in [0.717, 1.165) is 6.42 Å². The Morgan fingerprint density at radius 3 is 2.53 bits per heavy atom. The molecular weight excluding hydrogens is 303 g/mol. The van der Waals surface area contributed by atoms with Gasteiger partial charge in [-0.3, -0.25) is 0 Å². The molecule has 0 N–H and O–H groups in total. The van der Waals surface area contributed by atoms with Crippen molar-refractivity contribution in [1.29, 1.82) is 0 Å². The first-order valence-electron chi connectivity index (χ1n) is 5.78. The van der Waals surface area contributed by atoms with Crippen LogP contribution in [0.3, 0.4) is 0 Å². The second kappa shape index (κ2) is 10.9. The van der Waals surface area contributed by atoms with Gasteiger partial charge in [0.25, 0.3) is 0 Å². The monoisotopic (exact) mass is 326 g/mol. The van der Waals surface area contributed by atoms with Gasteiger partial charge in [-0.2, -0.15) is 0 Å². The fraction of sp³-hybridized carbons (Fsp3) is 0.833. The summed E-state index contributed by atoms with van der Waals surface area (Å²) in [6.07, 6.45) is 7.04. The number of rotatable bonds is 9. The topological polar surface area (TPSA) is 18.5 Å². The summed E-state index contributed by atoms with van der Waals surface area (Å²) in [4.78, 5) is 0. The summed E-state index contributed by atoms with van der Waals surface area (Å²) >= 11 is 2.23. The SMILES string of the molecule is CCCCC[C@@H](/C=C\I)OC(C)OCC. The van der Waals surface area contributed by atoms with Crippen molar-refractivity contribution in [3.05, 3.63) is 10.2 Å². The van der Waals surface area contributed by atoms with E-state index in [0.29, 0.717) is 6.61 Å². The van der Waals surface area contributed by atoms with Gasteiger partial charge >= 0.3 is 0 Å². The zero-order valence-electron chi connectivity index (χ0n) is 10.0. The number of ether oxygens (including phenoxy) is 2. The lowest BCUT2D eigenvalue weighted by Gasteiger charge is -2.19. The van der Waals surface area contributed by atoms with E-state index < -0.39 is 0 Å². The molecule has 0 saturated heterocycles. The van der Waals surface area contributed by atoms with Crippen molar-refractivity contribution in [1.82, 2.24) is 0 Å². The van der Waals surface area contributed by atoms with Crippen molar-refractivity contribution in [3.8, 4) is 0 Å². The van der Waals surface area contributed by atoms with Gasteiger partial charge < -0.3 is 9.47 Å². The van der Waals surface area contributed by atoms with Crippen LogP contribution >= 0.6 is 22.6 Å². The number of hydrogen-bond acceptors (Lipinski definition) is 2. The van der Waals surface area contributed by atoms with E-state index in [-0.39, 0.29) is 12.4 Å². The lowest BCUT2D eigenvalue weighted by atomic mass is 10.1. The van der Waals surface area contributed by atoms with Gasteiger partial charge in [0, 0.05) is 6.61 Å². The zero-order valence-corrected chi connectivity index (χ0v) is 12.2. The summed E-state index contributed by atoms with van der Waals surface area (Å²) in [5.74, 6) is 0. The minimum absolute atomic E-state index is 0.103. The predicted molar refractivity (Wildman–Crippen MR) is 73.3 cm³/mol. The zero-order chi connectivity index (χ0) is 11.5. The van der Waals surface area contributed by atoms with Crippen LogP contribution in [-0.4, -0.2) is 19.0 Å². The molecule has 0 aromatic rings. The van der Waals surface area contributed by atoms with Gasteiger partial charge in [0.2, 0.25) is 0 Å². The largest absolute Gasteiger partial charge is 0.353 e. The van der Waals surface area contributed by atoms with Crippen molar-refractivity contribution < 1.29 is 9.47 Å². The molecule has 90 valence electrons. The predicted octanol–water partition coefficient (Wildman–Crippen LogP) is 4.28. The van der Waals surface area contributed by atoms with Gasteiger partial charge in [0.1, 0.15) is 0 Å². The Bertz CT molecular complexity index is 160. The van der Waals surface area contributed by atoms with E-state index in [1.54, 1.807) is 0 Å². The molecule has 0 heterocycles. The summed E-state index contributed by atoms with van der Waals surface area (Å²) in [6, 6.07) is 0. The van der Waals surface area contributed by atoms with Crippen LogP contribution < -0.4 is 0 Å². The number of hydrogen-bond donors (Lipinski definition) is 0. The summed E-state index contributed by atoms with van der Waals surface area (Å²) in [7, 11) is 0. The van der Waals surface area contributed by atoms with Crippen LogP contribution in [0.25, 0.3) is 0 Å². The van der Waals surface area contributed by atoms with Gasteiger partial charge in [-0.1, -0.05) is 48.8 Å². The summed E-state index contributed by atoms with van der Waals surface area (Å²) in [6.45, 7) is 6.86. The van der Waals surface area contributed by atoms with Crippen molar-refractivity contribution in [2.75, 3.05) is 6.61 Å². The van der Waals surface area contributed by atoms with Crippen molar-refractivity contribution >= 4 is 22.6 Å². The highest BCUT2D eigenvalue weighted by atomic mass is 127. The van der Waals surface area contributed by atoms with E-state index in [1.807, 2.05) is 17.9 Å². The van der Waals surface area contributed by atoms with Crippen LogP contribution in [0.1, 0.15) is 46.5 Å². The normalized spacial score (nSPS) is 15.7. The molecule has 2 atom stereocenters. The molecule has 2 nitrogen and oxygen atoms in total. The Morgan fingerprint density at radius 2 is 2.00 bits per heavy atom. The van der Waals surface area contributed by atoms with Crippen LogP contribution in [-0.2, 0) is 9.47 Å². The third-order valence-electron chi connectivity index (χ3n) is 2.15. The first kappa shape index (κ1) is 15.4. The highest BCUT2D eigenvalue weighted by Crippen LogP contribution is 2.12. The van der Waals surface area contributed by atoms with Crippen LogP contribution in [0, 0.1) is 0 Å². The Balaban J connectivity index is 3.81. The molecule has 0 bridgehead atoms. The third-order valence-corrected chi connectivity index (χ3v) is 2.56. The molecule has 0 aliphatic heterocycles. The Hall–Kier alpha value is 0.390. The van der Waals surface area contributed by atoms with Crippen molar-refractivity contribution in [2.24, 2.45) is 0 Å². The number of halogens is 1. The van der Waals surface area contributed by atoms with Gasteiger partial charge in [-0.15, -0.1) is 0 Å². The molecular formula is C12H23IO2. The lowest BCUT2D eigenvalue weighted by Crippen LogP contribution is -2.20. The fourth-order valence-electron chi connectivity index (χ4n) is 1.41. The maximum atomic E-state index is 5.76. The quantitative estimate of drug-likeness (QED) is 0.358. The molecule has 0 rings (SSSR count). The fourth-order valence-corrected chi connectivity index (χ4v) is 1.87. The molecule has 0 radical (unpaired) electrons. The lowest BCUT2D eigenvalue weighted by molar-refractivity contribution is -0.147. The average molecular weight is 326 g/mol. The Kier molecular flexibility index (Phi) is 11.2. The van der Waals surface area contributed by atoms with E-state index in [2.05, 4.69) is 35.6 Å². The first-order valence-corrected chi connectivity index (χ1v) is 7.03. The van der Waals surface area contributed by atoms with Crippen LogP contribution in [0.4, 0.5) is 0 Å². The van der Waals surface area contributed by atoms with Gasteiger partial charge in [0.15, 0.2) is 6.29 Å². The smallest absolute Gasteiger partial charge is 0.155 e. The highest BCUT2D eigenvalue weighted by Gasteiger charge is 2.09. The highest BCUT2D eigenvalue weighted by molar-refractivity contribution is 14.1. The van der Waals surface area contributed by atoms with Crippen LogP contribution in [0.5, 0.6) is 0 Å². The van der Waals surface area contributed by atoms with Crippen LogP contribution in [0.2, 0.25) is 0 Å². The van der Waals surface area contributed by atoms with E-state index in [4.69, 9.17) is 9.47 Å². The minimum Gasteiger partial charge on any atom is -0.353 e. The molecule has 0 aromatic heterocycles. The molecule has 0 fully saturated rings. The third kappa shape index (κ3) is 9.33. The maximum absolute atomic E-state index is 5.76. The molecule has 0 aliphatic carbocycles. The van der Waals surface area contributed by atoms with Crippen molar-refractivity contribution in [2.45, 2.75) is 58.8 Å².